The normalized spacial score (nSPS) is 14.6. The number of benzene rings is 2. The molecular formula is C22H24N4O2S. The fourth-order valence-corrected chi connectivity index (χ4v) is 4.25. The fraction of sp³-hybridized carbons (Fsp3) is 0.273. The summed E-state index contributed by atoms with van der Waals surface area (Å²) in [6.45, 7) is 4.54. The summed E-state index contributed by atoms with van der Waals surface area (Å²) in [7, 11) is 1.71. The standard InChI is InChI=1S/C22H24N4O2S/c1-28-20-10-6-5-9-19(20)26-13-11-25(12-14-26)15-21-24-18(16-29-21)22(27)23-17-7-3-2-4-8-17/h2-10,16H,11-15H2,1H3,(H,23,27). The monoisotopic (exact) mass is 408 g/mol. The van der Waals surface area contributed by atoms with Crippen LogP contribution in [-0.2, 0) is 6.54 Å². The van der Waals surface area contributed by atoms with E-state index in [9.17, 15) is 4.79 Å². The summed E-state index contributed by atoms with van der Waals surface area (Å²) in [5, 5.41) is 5.68. The van der Waals surface area contributed by atoms with E-state index < -0.39 is 0 Å². The number of para-hydroxylation sites is 3. The minimum atomic E-state index is -0.167. The van der Waals surface area contributed by atoms with Crippen molar-refractivity contribution in [2.45, 2.75) is 6.54 Å². The predicted molar refractivity (Wildman–Crippen MR) is 117 cm³/mol. The number of hydrogen-bond donors (Lipinski definition) is 1. The molecule has 0 aliphatic carbocycles. The highest BCUT2D eigenvalue weighted by molar-refractivity contribution is 7.09. The second kappa shape index (κ2) is 9.07. The largest absolute Gasteiger partial charge is 0.495 e. The van der Waals surface area contributed by atoms with Gasteiger partial charge in [-0.15, -0.1) is 11.3 Å². The maximum atomic E-state index is 12.4. The summed E-state index contributed by atoms with van der Waals surface area (Å²) in [4.78, 5) is 21.7. The smallest absolute Gasteiger partial charge is 0.275 e. The van der Waals surface area contributed by atoms with Crippen LogP contribution in [-0.4, -0.2) is 49.1 Å². The molecule has 2 aromatic carbocycles. The molecule has 0 unspecified atom stereocenters. The number of aromatic nitrogens is 1. The van der Waals surface area contributed by atoms with Crippen LogP contribution < -0.4 is 15.0 Å². The number of nitrogens with zero attached hydrogens (tertiary/aromatic N) is 3. The van der Waals surface area contributed by atoms with E-state index in [0.29, 0.717) is 5.69 Å². The van der Waals surface area contributed by atoms with Crippen molar-refractivity contribution in [3.05, 3.63) is 70.7 Å². The molecule has 1 aromatic heterocycles. The van der Waals surface area contributed by atoms with Gasteiger partial charge in [-0.05, 0) is 24.3 Å². The van der Waals surface area contributed by atoms with Crippen LogP contribution in [0.4, 0.5) is 11.4 Å². The van der Waals surface area contributed by atoms with Gasteiger partial charge in [0.2, 0.25) is 0 Å². The van der Waals surface area contributed by atoms with Gasteiger partial charge in [0.1, 0.15) is 16.5 Å². The van der Waals surface area contributed by atoms with Gasteiger partial charge < -0.3 is 15.0 Å². The maximum absolute atomic E-state index is 12.4. The Morgan fingerprint density at radius 1 is 1.07 bits per heavy atom. The quantitative estimate of drug-likeness (QED) is 0.674. The van der Waals surface area contributed by atoms with Crippen LogP contribution in [0.25, 0.3) is 0 Å². The highest BCUT2D eigenvalue weighted by Crippen LogP contribution is 2.28. The number of ether oxygens (including phenoxy) is 1. The first-order valence-corrected chi connectivity index (χ1v) is 10.5. The third kappa shape index (κ3) is 4.75. The number of amides is 1. The van der Waals surface area contributed by atoms with Crippen molar-refractivity contribution in [3.8, 4) is 5.75 Å². The predicted octanol–water partition coefficient (Wildman–Crippen LogP) is 3.73. The van der Waals surface area contributed by atoms with Crippen LogP contribution in [0.5, 0.6) is 5.75 Å². The number of rotatable bonds is 6. The second-order valence-electron chi connectivity index (χ2n) is 6.88. The molecule has 6 nitrogen and oxygen atoms in total. The van der Waals surface area contributed by atoms with Crippen molar-refractivity contribution >= 4 is 28.6 Å². The summed E-state index contributed by atoms with van der Waals surface area (Å²) in [5.74, 6) is 0.745. The van der Waals surface area contributed by atoms with Gasteiger partial charge in [-0.25, -0.2) is 4.98 Å². The molecule has 1 saturated heterocycles. The van der Waals surface area contributed by atoms with Gasteiger partial charge in [0.25, 0.3) is 5.91 Å². The summed E-state index contributed by atoms with van der Waals surface area (Å²) in [6, 6.07) is 17.6. The van der Waals surface area contributed by atoms with Gasteiger partial charge in [0, 0.05) is 37.2 Å². The molecule has 29 heavy (non-hydrogen) atoms. The fourth-order valence-electron chi connectivity index (χ4n) is 3.43. The Balaban J connectivity index is 1.31. The van der Waals surface area contributed by atoms with E-state index >= 15 is 0 Å². The third-order valence-corrected chi connectivity index (χ3v) is 5.81. The number of thiazole rings is 1. The van der Waals surface area contributed by atoms with Crippen molar-refractivity contribution < 1.29 is 9.53 Å². The molecule has 1 aliphatic rings. The molecule has 0 bridgehead atoms. The van der Waals surface area contributed by atoms with Crippen molar-refractivity contribution in [1.29, 1.82) is 0 Å². The van der Waals surface area contributed by atoms with Crippen molar-refractivity contribution in [1.82, 2.24) is 9.88 Å². The summed E-state index contributed by atoms with van der Waals surface area (Å²) in [5.41, 5.74) is 2.39. The second-order valence-corrected chi connectivity index (χ2v) is 7.82. The lowest BCUT2D eigenvalue weighted by molar-refractivity contribution is 0.102. The molecule has 0 atom stereocenters. The van der Waals surface area contributed by atoms with Gasteiger partial charge in [-0.3, -0.25) is 9.69 Å². The molecule has 1 N–H and O–H groups in total. The molecule has 150 valence electrons. The molecule has 0 radical (unpaired) electrons. The van der Waals surface area contributed by atoms with Gasteiger partial charge in [-0.2, -0.15) is 0 Å². The maximum Gasteiger partial charge on any atom is 0.275 e. The van der Waals surface area contributed by atoms with Crippen LogP contribution in [0.2, 0.25) is 0 Å². The highest BCUT2D eigenvalue weighted by Gasteiger charge is 2.21. The number of nitrogens with one attached hydrogen (secondary N) is 1. The van der Waals surface area contributed by atoms with E-state index in [2.05, 4.69) is 26.2 Å². The minimum absolute atomic E-state index is 0.167. The molecule has 0 saturated carbocycles. The number of piperazine rings is 1. The average Bonchev–Trinajstić information content (AvgIpc) is 3.24. The number of anilines is 2. The molecule has 4 rings (SSSR count). The first-order valence-electron chi connectivity index (χ1n) is 9.64. The summed E-state index contributed by atoms with van der Waals surface area (Å²) in [6.07, 6.45) is 0. The van der Waals surface area contributed by atoms with Gasteiger partial charge >= 0.3 is 0 Å². The topological polar surface area (TPSA) is 57.7 Å². The Kier molecular flexibility index (Phi) is 6.07. The Hall–Kier alpha value is -2.90. The van der Waals surface area contributed by atoms with E-state index in [1.165, 1.54) is 11.3 Å². The van der Waals surface area contributed by atoms with Crippen molar-refractivity contribution in [2.24, 2.45) is 0 Å². The van der Waals surface area contributed by atoms with Crippen LogP contribution >= 0.6 is 11.3 Å². The lowest BCUT2D eigenvalue weighted by Gasteiger charge is -2.36. The van der Waals surface area contributed by atoms with Crippen LogP contribution in [0, 0.1) is 0 Å². The van der Waals surface area contributed by atoms with Crippen molar-refractivity contribution in [3.63, 3.8) is 0 Å². The SMILES string of the molecule is COc1ccccc1N1CCN(Cc2nc(C(=O)Nc3ccccc3)cs2)CC1. The average molecular weight is 409 g/mol. The van der Waals surface area contributed by atoms with E-state index in [0.717, 1.165) is 54.9 Å². The minimum Gasteiger partial charge on any atom is -0.495 e. The lowest BCUT2D eigenvalue weighted by Crippen LogP contribution is -2.46. The number of carbonyl (C=O) groups excluding carboxylic acids is 1. The zero-order valence-electron chi connectivity index (χ0n) is 16.4. The van der Waals surface area contributed by atoms with Gasteiger partial charge in [0.15, 0.2) is 0 Å². The zero-order valence-corrected chi connectivity index (χ0v) is 17.2. The van der Waals surface area contributed by atoms with Crippen LogP contribution in [0.3, 0.4) is 0 Å². The first-order chi connectivity index (χ1) is 14.2. The van der Waals surface area contributed by atoms with Crippen molar-refractivity contribution in [2.75, 3.05) is 43.5 Å². The molecule has 0 spiro atoms. The molecular weight excluding hydrogens is 384 g/mol. The number of hydrogen-bond acceptors (Lipinski definition) is 6. The number of carbonyl (C=O) groups is 1. The van der Waals surface area contributed by atoms with Gasteiger partial charge in [-0.1, -0.05) is 30.3 Å². The molecule has 2 heterocycles. The Bertz CT molecular complexity index is 952. The molecule has 1 amide bonds. The van der Waals surface area contributed by atoms with E-state index in [1.807, 2.05) is 53.9 Å². The van der Waals surface area contributed by atoms with E-state index in [1.54, 1.807) is 7.11 Å². The first kappa shape index (κ1) is 19.4. The van der Waals surface area contributed by atoms with Crippen LogP contribution in [0.1, 0.15) is 15.5 Å². The highest BCUT2D eigenvalue weighted by atomic mass is 32.1. The molecule has 3 aromatic rings. The summed E-state index contributed by atoms with van der Waals surface area (Å²) < 4.78 is 5.49. The molecule has 7 heteroatoms. The van der Waals surface area contributed by atoms with Gasteiger partial charge in [0.05, 0.1) is 19.3 Å². The Morgan fingerprint density at radius 2 is 1.79 bits per heavy atom. The number of methoxy groups -OCH3 is 1. The Labute approximate surface area is 174 Å². The molecule has 1 fully saturated rings. The third-order valence-electron chi connectivity index (χ3n) is 4.97. The lowest BCUT2D eigenvalue weighted by atomic mass is 10.2. The van der Waals surface area contributed by atoms with Crippen LogP contribution in [0.15, 0.2) is 60.0 Å². The summed E-state index contributed by atoms with van der Waals surface area (Å²) >= 11 is 1.54. The Morgan fingerprint density at radius 3 is 2.55 bits per heavy atom. The van der Waals surface area contributed by atoms with E-state index in [4.69, 9.17) is 4.74 Å². The molecule has 1 aliphatic heterocycles. The zero-order chi connectivity index (χ0) is 20.1. The van der Waals surface area contributed by atoms with E-state index in [-0.39, 0.29) is 5.91 Å².